The van der Waals surface area contributed by atoms with Crippen LogP contribution in [0, 0.1) is 5.82 Å². The van der Waals surface area contributed by atoms with Crippen molar-refractivity contribution < 1.29 is 9.18 Å². The number of carbonyl (C=O) groups is 1. The van der Waals surface area contributed by atoms with Gasteiger partial charge in [0, 0.05) is 0 Å². The maximum Gasteiger partial charge on any atom is 0.251 e. The van der Waals surface area contributed by atoms with Gasteiger partial charge in [-0.1, -0.05) is 25.8 Å². The molecule has 0 bridgehead atoms. The van der Waals surface area contributed by atoms with Crippen LogP contribution in [0.1, 0.15) is 42.1 Å². The largest absolute Gasteiger partial charge is 0.365 e. The van der Waals surface area contributed by atoms with E-state index < -0.39 is 11.7 Å². The van der Waals surface area contributed by atoms with Gasteiger partial charge in [-0.2, -0.15) is 0 Å². The second-order valence-corrected chi connectivity index (χ2v) is 4.57. The van der Waals surface area contributed by atoms with E-state index in [1.807, 2.05) is 0 Å². The first-order valence-corrected chi connectivity index (χ1v) is 6.14. The van der Waals surface area contributed by atoms with E-state index in [0.29, 0.717) is 12.0 Å². The number of unbranched alkanes of at least 4 members (excludes halogenated alkanes) is 2. The zero-order valence-electron chi connectivity index (χ0n) is 9.22. The molecule has 4 heteroatoms. The average molecular weight is 288 g/mol. The minimum absolute atomic E-state index is 0.0190. The smallest absolute Gasteiger partial charge is 0.251 e. The van der Waals surface area contributed by atoms with Gasteiger partial charge >= 0.3 is 0 Å². The van der Waals surface area contributed by atoms with Crippen molar-refractivity contribution in [2.75, 3.05) is 0 Å². The van der Waals surface area contributed by atoms with Crippen molar-refractivity contribution in [3.8, 4) is 0 Å². The van der Waals surface area contributed by atoms with Gasteiger partial charge in [0.1, 0.15) is 5.82 Å². The molecule has 0 aromatic heterocycles. The van der Waals surface area contributed by atoms with Gasteiger partial charge in [0.05, 0.1) is 10.0 Å². The third kappa shape index (κ3) is 3.04. The lowest BCUT2D eigenvalue weighted by Crippen LogP contribution is -2.16. The number of aryl methyl sites for hydroxylation is 1. The molecule has 1 aromatic rings. The Morgan fingerprint density at radius 3 is 2.69 bits per heavy atom. The molecule has 0 atom stereocenters. The standard InChI is InChI=1S/C12H15BrFNO/c1-2-3-4-5-8-6-7-9(13)11(14)10(8)12(15)16/h6-7H,2-5H2,1H3,(H2,15,16). The highest BCUT2D eigenvalue weighted by molar-refractivity contribution is 9.10. The van der Waals surface area contributed by atoms with Gasteiger partial charge in [0.2, 0.25) is 0 Å². The maximum atomic E-state index is 13.7. The molecular formula is C12H15BrFNO. The number of rotatable bonds is 5. The molecule has 1 rings (SSSR count). The summed E-state index contributed by atoms with van der Waals surface area (Å²) in [7, 11) is 0. The quantitative estimate of drug-likeness (QED) is 0.829. The monoisotopic (exact) mass is 287 g/mol. The van der Waals surface area contributed by atoms with Crippen LogP contribution in [-0.2, 0) is 6.42 Å². The van der Waals surface area contributed by atoms with Gasteiger partial charge in [0.15, 0.2) is 0 Å². The van der Waals surface area contributed by atoms with Gasteiger partial charge in [-0.25, -0.2) is 4.39 Å². The number of hydrogen-bond acceptors (Lipinski definition) is 1. The van der Waals surface area contributed by atoms with Crippen LogP contribution in [0.25, 0.3) is 0 Å². The first kappa shape index (κ1) is 13.2. The van der Waals surface area contributed by atoms with Gasteiger partial charge < -0.3 is 5.73 Å². The van der Waals surface area contributed by atoms with E-state index in [1.54, 1.807) is 12.1 Å². The van der Waals surface area contributed by atoms with Crippen LogP contribution in [0.5, 0.6) is 0 Å². The Balaban J connectivity index is 2.99. The molecule has 1 aromatic carbocycles. The highest BCUT2D eigenvalue weighted by atomic mass is 79.9. The third-order valence-corrected chi connectivity index (χ3v) is 3.09. The molecule has 0 aliphatic heterocycles. The van der Waals surface area contributed by atoms with E-state index in [1.165, 1.54) is 0 Å². The van der Waals surface area contributed by atoms with Crippen LogP contribution < -0.4 is 5.73 Å². The summed E-state index contributed by atoms with van der Waals surface area (Å²) in [6.07, 6.45) is 3.79. The Kier molecular flexibility index (Phi) is 4.93. The predicted octanol–water partition coefficient (Wildman–Crippen LogP) is 3.42. The van der Waals surface area contributed by atoms with Gasteiger partial charge in [-0.15, -0.1) is 0 Å². The Bertz CT molecular complexity index is 393. The highest BCUT2D eigenvalue weighted by Gasteiger charge is 2.16. The molecular weight excluding hydrogens is 273 g/mol. The Morgan fingerprint density at radius 1 is 1.44 bits per heavy atom. The summed E-state index contributed by atoms with van der Waals surface area (Å²) in [5.41, 5.74) is 5.90. The van der Waals surface area contributed by atoms with E-state index in [9.17, 15) is 9.18 Å². The molecule has 0 saturated heterocycles. The molecule has 0 radical (unpaired) electrons. The third-order valence-electron chi connectivity index (χ3n) is 2.48. The van der Waals surface area contributed by atoms with E-state index in [2.05, 4.69) is 22.9 Å². The average Bonchev–Trinajstić information content (AvgIpc) is 2.23. The number of primary amides is 1. The van der Waals surface area contributed by atoms with Crippen LogP contribution in [0.15, 0.2) is 16.6 Å². The molecule has 2 N–H and O–H groups in total. The highest BCUT2D eigenvalue weighted by Crippen LogP contribution is 2.23. The lowest BCUT2D eigenvalue weighted by molar-refractivity contribution is 0.0995. The van der Waals surface area contributed by atoms with Gasteiger partial charge in [0.25, 0.3) is 5.91 Å². The number of halogens is 2. The lowest BCUT2D eigenvalue weighted by Gasteiger charge is -2.08. The fourth-order valence-electron chi connectivity index (χ4n) is 1.63. The van der Waals surface area contributed by atoms with Crippen LogP contribution in [0.2, 0.25) is 0 Å². The van der Waals surface area contributed by atoms with Gasteiger partial charge in [-0.05, 0) is 40.4 Å². The SMILES string of the molecule is CCCCCc1ccc(Br)c(F)c1C(N)=O. The summed E-state index contributed by atoms with van der Waals surface area (Å²) < 4.78 is 14.0. The number of nitrogens with two attached hydrogens (primary N) is 1. The van der Waals surface area contributed by atoms with Crippen LogP contribution in [-0.4, -0.2) is 5.91 Å². The van der Waals surface area contributed by atoms with Crippen molar-refractivity contribution in [1.82, 2.24) is 0 Å². The number of amides is 1. The summed E-state index contributed by atoms with van der Waals surface area (Å²) in [6.45, 7) is 2.09. The molecule has 0 unspecified atom stereocenters. The number of hydrogen-bond donors (Lipinski definition) is 1. The Hall–Kier alpha value is -0.900. The van der Waals surface area contributed by atoms with Crippen LogP contribution >= 0.6 is 15.9 Å². The second-order valence-electron chi connectivity index (χ2n) is 3.72. The zero-order valence-corrected chi connectivity index (χ0v) is 10.8. The van der Waals surface area contributed by atoms with Crippen molar-refractivity contribution >= 4 is 21.8 Å². The fourth-order valence-corrected chi connectivity index (χ4v) is 1.96. The molecule has 0 spiro atoms. The molecule has 16 heavy (non-hydrogen) atoms. The first-order chi connectivity index (χ1) is 7.57. The first-order valence-electron chi connectivity index (χ1n) is 5.34. The normalized spacial score (nSPS) is 10.4. The van der Waals surface area contributed by atoms with Crippen molar-refractivity contribution in [3.05, 3.63) is 33.5 Å². The molecule has 0 saturated carbocycles. The fraction of sp³-hybridized carbons (Fsp3) is 0.417. The van der Waals surface area contributed by atoms with Crippen LogP contribution in [0.4, 0.5) is 4.39 Å². The van der Waals surface area contributed by atoms with Crippen molar-refractivity contribution in [2.45, 2.75) is 32.6 Å². The summed E-state index contributed by atoms with van der Waals surface area (Å²) >= 11 is 3.05. The summed E-state index contributed by atoms with van der Waals surface area (Å²) in [5, 5.41) is 0. The second kappa shape index (κ2) is 5.99. The Morgan fingerprint density at radius 2 is 2.12 bits per heavy atom. The summed E-state index contributed by atoms with van der Waals surface area (Å²) in [4.78, 5) is 11.2. The molecule has 2 nitrogen and oxygen atoms in total. The molecule has 0 heterocycles. The van der Waals surface area contributed by atoms with E-state index in [-0.39, 0.29) is 10.0 Å². The van der Waals surface area contributed by atoms with Crippen molar-refractivity contribution in [2.24, 2.45) is 5.73 Å². The Labute approximate surface area is 103 Å². The topological polar surface area (TPSA) is 43.1 Å². The van der Waals surface area contributed by atoms with E-state index in [0.717, 1.165) is 19.3 Å². The maximum absolute atomic E-state index is 13.7. The zero-order chi connectivity index (χ0) is 12.1. The summed E-state index contributed by atoms with van der Waals surface area (Å²) in [6, 6.07) is 3.37. The van der Waals surface area contributed by atoms with Crippen molar-refractivity contribution in [1.29, 1.82) is 0 Å². The minimum Gasteiger partial charge on any atom is -0.365 e. The van der Waals surface area contributed by atoms with E-state index >= 15 is 0 Å². The predicted molar refractivity (Wildman–Crippen MR) is 65.8 cm³/mol. The molecule has 88 valence electrons. The number of carbonyl (C=O) groups excluding carboxylic acids is 1. The van der Waals surface area contributed by atoms with Gasteiger partial charge in [-0.3, -0.25) is 4.79 Å². The lowest BCUT2D eigenvalue weighted by atomic mass is 10.0. The van der Waals surface area contributed by atoms with Crippen molar-refractivity contribution in [3.63, 3.8) is 0 Å². The number of benzene rings is 1. The molecule has 0 fully saturated rings. The van der Waals surface area contributed by atoms with E-state index in [4.69, 9.17) is 5.73 Å². The molecule has 0 aliphatic rings. The summed E-state index contributed by atoms with van der Waals surface area (Å²) in [5.74, 6) is -1.26. The molecule has 1 amide bonds. The van der Waals surface area contributed by atoms with Crippen LogP contribution in [0.3, 0.4) is 0 Å². The molecule has 0 aliphatic carbocycles. The minimum atomic E-state index is -0.703.